The van der Waals surface area contributed by atoms with Crippen molar-refractivity contribution in [3.8, 4) is 5.75 Å². The first-order chi connectivity index (χ1) is 6.20. The molecular weight excluding hydrogens is 168 g/mol. The number of aromatic nitrogens is 1. The first-order valence-corrected chi connectivity index (χ1v) is 4.08. The summed E-state index contributed by atoms with van der Waals surface area (Å²) >= 11 is 0. The largest absolute Gasteiger partial charge is 0.506 e. The highest BCUT2D eigenvalue weighted by Crippen LogP contribution is 2.27. The Morgan fingerprint density at radius 2 is 2.31 bits per heavy atom. The highest BCUT2D eigenvalue weighted by atomic mass is 16.3. The number of nitrogens with two attached hydrogens (primary N) is 1. The van der Waals surface area contributed by atoms with Crippen LogP contribution >= 0.6 is 0 Å². The molecule has 0 aliphatic carbocycles. The zero-order chi connectivity index (χ0) is 9.42. The summed E-state index contributed by atoms with van der Waals surface area (Å²) in [6.45, 7) is 1.95. The fourth-order valence-electron chi connectivity index (χ4n) is 1.18. The Hall–Kier alpha value is -1.71. The predicted octanol–water partition coefficient (Wildman–Crippen LogP) is 1.68. The number of nitrogens with zero attached hydrogens (tertiary/aromatic N) is 1. The van der Waals surface area contributed by atoms with Gasteiger partial charge in [0.15, 0.2) is 11.5 Å². The molecule has 0 fully saturated rings. The number of aromatic hydroxyl groups is 1. The van der Waals surface area contributed by atoms with Crippen LogP contribution in [0.15, 0.2) is 16.5 Å². The maximum absolute atomic E-state index is 9.29. The zero-order valence-corrected chi connectivity index (χ0v) is 7.24. The zero-order valence-electron chi connectivity index (χ0n) is 7.24. The van der Waals surface area contributed by atoms with Gasteiger partial charge in [-0.1, -0.05) is 6.92 Å². The summed E-state index contributed by atoms with van der Waals surface area (Å²) in [6.07, 6.45) is 0.731. The number of rotatable bonds is 1. The molecular formula is C9H10N2O2. The number of aryl methyl sites for hydroxylation is 1. The van der Waals surface area contributed by atoms with Gasteiger partial charge in [-0.3, -0.25) is 0 Å². The van der Waals surface area contributed by atoms with E-state index in [0.717, 1.165) is 6.42 Å². The normalized spacial score (nSPS) is 10.8. The fraction of sp³-hybridized carbons (Fsp3) is 0.222. The topological polar surface area (TPSA) is 72.3 Å². The molecule has 4 heteroatoms. The van der Waals surface area contributed by atoms with E-state index in [1.54, 1.807) is 6.07 Å². The van der Waals surface area contributed by atoms with Gasteiger partial charge < -0.3 is 15.3 Å². The Labute approximate surface area is 75.0 Å². The van der Waals surface area contributed by atoms with E-state index >= 15 is 0 Å². The molecule has 4 nitrogen and oxygen atoms in total. The number of phenols is 1. The highest BCUT2D eigenvalue weighted by molar-refractivity contribution is 5.80. The Bertz CT molecular complexity index is 409. The molecule has 0 radical (unpaired) electrons. The summed E-state index contributed by atoms with van der Waals surface area (Å²) in [6, 6.07) is 3.09. The van der Waals surface area contributed by atoms with Gasteiger partial charge in [0.1, 0.15) is 11.3 Å². The van der Waals surface area contributed by atoms with Crippen LogP contribution in [-0.4, -0.2) is 10.1 Å². The molecule has 68 valence electrons. The third kappa shape index (κ3) is 1.20. The molecule has 0 saturated carbocycles. The van der Waals surface area contributed by atoms with Crippen LogP contribution in [0.2, 0.25) is 0 Å². The van der Waals surface area contributed by atoms with E-state index in [4.69, 9.17) is 10.2 Å². The van der Waals surface area contributed by atoms with Crippen molar-refractivity contribution in [3.05, 3.63) is 18.0 Å². The molecule has 13 heavy (non-hydrogen) atoms. The Balaban J connectivity index is 2.70. The van der Waals surface area contributed by atoms with E-state index in [-0.39, 0.29) is 5.75 Å². The highest BCUT2D eigenvalue weighted by Gasteiger charge is 2.06. The maximum atomic E-state index is 9.29. The van der Waals surface area contributed by atoms with E-state index in [9.17, 15) is 5.11 Å². The van der Waals surface area contributed by atoms with Gasteiger partial charge in [-0.15, -0.1) is 0 Å². The van der Waals surface area contributed by atoms with Crippen LogP contribution in [0.4, 0.5) is 5.69 Å². The van der Waals surface area contributed by atoms with E-state index in [0.29, 0.717) is 22.7 Å². The second-order valence-corrected chi connectivity index (χ2v) is 2.84. The number of benzene rings is 1. The molecule has 0 aliphatic rings. The van der Waals surface area contributed by atoms with Crippen LogP contribution in [0.3, 0.4) is 0 Å². The van der Waals surface area contributed by atoms with E-state index < -0.39 is 0 Å². The quantitative estimate of drug-likeness (QED) is 0.514. The third-order valence-corrected chi connectivity index (χ3v) is 1.88. The van der Waals surface area contributed by atoms with Gasteiger partial charge in [-0.2, -0.15) is 0 Å². The van der Waals surface area contributed by atoms with Crippen LogP contribution in [0, 0.1) is 0 Å². The lowest BCUT2D eigenvalue weighted by Crippen LogP contribution is -1.84. The Kier molecular flexibility index (Phi) is 1.62. The van der Waals surface area contributed by atoms with Gasteiger partial charge in [0.2, 0.25) is 0 Å². The van der Waals surface area contributed by atoms with E-state index in [1.807, 2.05) is 6.92 Å². The average molecular weight is 178 g/mol. The van der Waals surface area contributed by atoms with Crippen molar-refractivity contribution in [2.24, 2.45) is 0 Å². The SMILES string of the molecule is CCc1nc2cc(O)c(N)cc2o1. The van der Waals surface area contributed by atoms with Crippen molar-refractivity contribution in [1.29, 1.82) is 0 Å². The minimum absolute atomic E-state index is 0.0449. The Morgan fingerprint density at radius 3 is 3.00 bits per heavy atom. The van der Waals surface area contributed by atoms with Crippen molar-refractivity contribution in [2.45, 2.75) is 13.3 Å². The number of anilines is 1. The summed E-state index contributed by atoms with van der Waals surface area (Å²) < 4.78 is 5.35. The van der Waals surface area contributed by atoms with Crippen LogP contribution in [0.25, 0.3) is 11.1 Å². The van der Waals surface area contributed by atoms with Crippen LogP contribution in [0.1, 0.15) is 12.8 Å². The number of fused-ring (bicyclic) bond motifs is 1. The van der Waals surface area contributed by atoms with Crippen molar-refractivity contribution in [2.75, 3.05) is 5.73 Å². The molecule has 3 N–H and O–H groups in total. The number of nitrogen functional groups attached to an aromatic ring is 1. The first-order valence-electron chi connectivity index (χ1n) is 4.08. The lowest BCUT2D eigenvalue weighted by Gasteiger charge is -1.95. The van der Waals surface area contributed by atoms with Gasteiger partial charge in [0.25, 0.3) is 0 Å². The Morgan fingerprint density at radius 1 is 1.54 bits per heavy atom. The summed E-state index contributed by atoms with van der Waals surface area (Å²) in [5, 5.41) is 9.29. The number of oxazole rings is 1. The van der Waals surface area contributed by atoms with Gasteiger partial charge >= 0.3 is 0 Å². The maximum Gasteiger partial charge on any atom is 0.195 e. The summed E-state index contributed by atoms with van der Waals surface area (Å²) in [7, 11) is 0. The van der Waals surface area contributed by atoms with Gasteiger partial charge in [0.05, 0.1) is 5.69 Å². The van der Waals surface area contributed by atoms with E-state index in [2.05, 4.69) is 4.98 Å². The van der Waals surface area contributed by atoms with Crippen LogP contribution in [0.5, 0.6) is 5.75 Å². The average Bonchev–Trinajstić information content (AvgIpc) is 2.48. The molecule has 0 aliphatic heterocycles. The van der Waals surface area contributed by atoms with Crippen LogP contribution < -0.4 is 5.73 Å². The lowest BCUT2D eigenvalue weighted by molar-refractivity contribution is 0.478. The number of hydrogen-bond acceptors (Lipinski definition) is 4. The minimum Gasteiger partial charge on any atom is -0.506 e. The molecule has 1 aromatic carbocycles. The smallest absolute Gasteiger partial charge is 0.195 e. The molecule has 1 aromatic heterocycles. The van der Waals surface area contributed by atoms with Gasteiger partial charge in [-0.25, -0.2) is 4.98 Å². The second-order valence-electron chi connectivity index (χ2n) is 2.84. The molecule has 1 heterocycles. The number of phenolic OH excluding ortho intramolecular Hbond substituents is 1. The molecule has 2 aromatic rings. The standard InChI is InChI=1S/C9H10N2O2/c1-2-9-11-6-4-7(12)5(10)3-8(6)13-9/h3-4,12H,2,10H2,1H3. The van der Waals surface area contributed by atoms with Crippen molar-refractivity contribution in [1.82, 2.24) is 4.98 Å². The van der Waals surface area contributed by atoms with E-state index in [1.165, 1.54) is 6.07 Å². The summed E-state index contributed by atoms with van der Waals surface area (Å²) in [5.74, 6) is 0.698. The van der Waals surface area contributed by atoms with Crippen LogP contribution in [-0.2, 0) is 6.42 Å². The number of hydrogen-bond donors (Lipinski definition) is 2. The lowest BCUT2D eigenvalue weighted by atomic mass is 10.3. The summed E-state index contributed by atoms with van der Waals surface area (Å²) in [5.41, 5.74) is 7.07. The van der Waals surface area contributed by atoms with Crippen molar-refractivity contribution < 1.29 is 9.52 Å². The van der Waals surface area contributed by atoms with Gasteiger partial charge in [0, 0.05) is 18.6 Å². The molecule has 0 atom stereocenters. The molecule has 0 unspecified atom stereocenters. The third-order valence-electron chi connectivity index (χ3n) is 1.88. The van der Waals surface area contributed by atoms with Crippen molar-refractivity contribution >= 4 is 16.8 Å². The molecule has 0 bridgehead atoms. The van der Waals surface area contributed by atoms with Crippen molar-refractivity contribution in [3.63, 3.8) is 0 Å². The molecule has 2 rings (SSSR count). The predicted molar refractivity (Wildman–Crippen MR) is 49.5 cm³/mol. The monoisotopic (exact) mass is 178 g/mol. The molecule has 0 spiro atoms. The molecule has 0 amide bonds. The summed E-state index contributed by atoms with van der Waals surface area (Å²) in [4.78, 5) is 4.15. The molecule has 0 saturated heterocycles. The second kappa shape index (κ2) is 2.65. The fourth-order valence-corrected chi connectivity index (χ4v) is 1.18. The van der Waals surface area contributed by atoms with Gasteiger partial charge in [-0.05, 0) is 0 Å². The minimum atomic E-state index is 0.0449. The first kappa shape index (κ1) is 7.91.